The average Bonchev–Trinajstić information content (AvgIpc) is 3.34. The third-order valence-electron chi connectivity index (χ3n) is 10.3. The maximum Gasteiger partial charge on any atom is 0.310 e. The van der Waals surface area contributed by atoms with Gasteiger partial charge >= 0.3 is 17.9 Å². The summed E-state index contributed by atoms with van der Waals surface area (Å²) in [5.74, 6) is -1.11. The summed E-state index contributed by atoms with van der Waals surface area (Å²) in [6, 6.07) is 0. The Morgan fingerprint density at radius 2 is 0.618 bits per heavy atom. The molecule has 378 valence electrons. The molecule has 0 N–H and O–H groups in total. The zero-order chi connectivity index (χ0) is 49.3. The zero-order valence-corrected chi connectivity index (χ0v) is 43.0. The molecule has 0 amide bonds. The highest BCUT2D eigenvalue weighted by Crippen LogP contribution is 2.11. The molecule has 1 atom stereocenters. The smallest absolute Gasteiger partial charge is 0.310 e. The van der Waals surface area contributed by atoms with E-state index in [2.05, 4.69) is 167 Å². The first-order valence-electron chi connectivity index (χ1n) is 26.5. The Kier molecular flexibility index (Phi) is 50.6. The van der Waals surface area contributed by atoms with Crippen molar-refractivity contribution in [3.05, 3.63) is 158 Å². The van der Waals surface area contributed by atoms with Crippen LogP contribution < -0.4 is 0 Å². The lowest BCUT2D eigenvalue weighted by Crippen LogP contribution is -2.30. The van der Waals surface area contributed by atoms with Crippen LogP contribution in [0.25, 0.3) is 0 Å². The third-order valence-corrected chi connectivity index (χ3v) is 10.3. The lowest BCUT2D eigenvalue weighted by atomic mass is 10.1. The van der Waals surface area contributed by atoms with E-state index in [1.807, 2.05) is 6.08 Å². The summed E-state index contributed by atoms with van der Waals surface area (Å²) in [5.41, 5.74) is 0. The van der Waals surface area contributed by atoms with Crippen LogP contribution in [0, 0.1) is 0 Å². The summed E-state index contributed by atoms with van der Waals surface area (Å²) in [6.07, 6.45) is 80.0. The van der Waals surface area contributed by atoms with Gasteiger partial charge in [-0.25, -0.2) is 0 Å². The molecule has 68 heavy (non-hydrogen) atoms. The predicted molar refractivity (Wildman–Crippen MR) is 292 cm³/mol. The van der Waals surface area contributed by atoms with Crippen molar-refractivity contribution in [3.8, 4) is 0 Å². The molecule has 0 aliphatic rings. The molecular weight excluding hydrogens is 841 g/mol. The van der Waals surface area contributed by atoms with Crippen molar-refractivity contribution in [2.45, 2.75) is 200 Å². The number of rotatable bonds is 45. The van der Waals surface area contributed by atoms with E-state index in [0.29, 0.717) is 19.3 Å². The fraction of sp³-hybridized carbons (Fsp3) is 0.532. The Morgan fingerprint density at radius 3 is 0.971 bits per heavy atom. The van der Waals surface area contributed by atoms with Gasteiger partial charge in [0.05, 0.1) is 6.42 Å². The topological polar surface area (TPSA) is 78.9 Å². The van der Waals surface area contributed by atoms with Crippen molar-refractivity contribution in [2.75, 3.05) is 13.2 Å². The van der Waals surface area contributed by atoms with Crippen LogP contribution in [0.5, 0.6) is 0 Å². The van der Waals surface area contributed by atoms with E-state index in [1.165, 1.54) is 19.3 Å². The Morgan fingerprint density at radius 1 is 0.324 bits per heavy atom. The van der Waals surface area contributed by atoms with Crippen molar-refractivity contribution in [2.24, 2.45) is 0 Å². The summed E-state index contributed by atoms with van der Waals surface area (Å²) in [7, 11) is 0. The summed E-state index contributed by atoms with van der Waals surface area (Å²) in [6.45, 7) is 6.20. The van der Waals surface area contributed by atoms with Crippen molar-refractivity contribution in [1.82, 2.24) is 0 Å². The van der Waals surface area contributed by atoms with Gasteiger partial charge in [-0.1, -0.05) is 224 Å². The monoisotopic (exact) mass is 935 g/mol. The van der Waals surface area contributed by atoms with E-state index in [1.54, 1.807) is 6.08 Å². The third kappa shape index (κ3) is 52.0. The van der Waals surface area contributed by atoms with Crippen LogP contribution in [0.3, 0.4) is 0 Å². The molecule has 0 aromatic carbocycles. The number of hydrogen-bond acceptors (Lipinski definition) is 6. The van der Waals surface area contributed by atoms with Crippen LogP contribution in [-0.4, -0.2) is 37.2 Å². The molecule has 0 aliphatic heterocycles. The molecule has 0 aromatic rings. The SMILES string of the molecule is CC/C=C\C/C=C\C/C=C\C/C=C\C/C=C\C/C=C\C/C=C\C/C=C\CCCCCCC(=O)OCC(COC(=O)CCCCCCCC)OC(=O)C/C=C\C/C=C\C/C=C\C/C=C\C/C=C\CC. The van der Waals surface area contributed by atoms with E-state index in [-0.39, 0.29) is 31.6 Å². The Hall–Kier alpha value is -4.97. The molecule has 0 spiro atoms. The highest BCUT2D eigenvalue weighted by atomic mass is 16.6. The summed E-state index contributed by atoms with van der Waals surface area (Å²) in [5, 5.41) is 0. The highest BCUT2D eigenvalue weighted by molar-refractivity contribution is 5.72. The van der Waals surface area contributed by atoms with Gasteiger partial charge in [-0.15, -0.1) is 0 Å². The summed E-state index contributed by atoms with van der Waals surface area (Å²) in [4.78, 5) is 37.7. The van der Waals surface area contributed by atoms with Crippen LogP contribution >= 0.6 is 0 Å². The zero-order valence-electron chi connectivity index (χ0n) is 43.0. The van der Waals surface area contributed by atoms with Gasteiger partial charge in [-0.05, 0) is 109 Å². The van der Waals surface area contributed by atoms with E-state index in [4.69, 9.17) is 14.2 Å². The van der Waals surface area contributed by atoms with Crippen LogP contribution in [-0.2, 0) is 28.6 Å². The first-order chi connectivity index (χ1) is 33.5. The quantitative estimate of drug-likeness (QED) is 0.0262. The second-order valence-electron chi connectivity index (χ2n) is 16.7. The van der Waals surface area contributed by atoms with Crippen molar-refractivity contribution >= 4 is 17.9 Å². The fourth-order valence-corrected chi connectivity index (χ4v) is 6.41. The van der Waals surface area contributed by atoms with Gasteiger partial charge in [0.15, 0.2) is 6.10 Å². The maximum absolute atomic E-state index is 12.7. The molecule has 6 heteroatoms. The van der Waals surface area contributed by atoms with Crippen molar-refractivity contribution in [3.63, 3.8) is 0 Å². The van der Waals surface area contributed by atoms with Gasteiger partial charge in [0.1, 0.15) is 13.2 Å². The van der Waals surface area contributed by atoms with Crippen LogP contribution in [0.1, 0.15) is 194 Å². The minimum absolute atomic E-state index is 0.0840. The van der Waals surface area contributed by atoms with Crippen LogP contribution in [0.15, 0.2) is 158 Å². The van der Waals surface area contributed by atoms with Crippen LogP contribution in [0.4, 0.5) is 0 Å². The number of hydrogen-bond donors (Lipinski definition) is 0. The molecular formula is C62H94O6. The number of allylic oxidation sites excluding steroid dienone is 25. The first kappa shape index (κ1) is 63.0. The number of unbranched alkanes of at least 4 members (excludes halogenated alkanes) is 9. The Bertz CT molecular complexity index is 1590. The van der Waals surface area contributed by atoms with Crippen molar-refractivity contribution in [1.29, 1.82) is 0 Å². The van der Waals surface area contributed by atoms with Crippen LogP contribution in [0.2, 0.25) is 0 Å². The minimum Gasteiger partial charge on any atom is -0.462 e. The molecule has 1 unspecified atom stereocenters. The standard InChI is InChI=1S/C62H94O6/c1-4-7-10-13-16-18-20-22-24-25-26-27-28-29-30-31-32-33-34-35-36-37-39-40-42-44-46-49-52-55-61(64)67-58-59(57-66-60(63)54-51-48-15-12-9-6-3)68-62(65)56-53-50-47-45-43-41-38-23-21-19-17-14-11-8-5-2/h7-8,10-11,16-19,22-24,26-27,29-30,32-33,35-36,38-40,43,45,50,53,59H,4-6,9,12-15,20-21,25,28,31,34,37,41-42,44,46-49,51-52,54-58H2,1-3H3/b10-7-,11-8-,18-16-,19-17-,24-22-,27-26-,30-29-,33-32-,36-35-,38-23-,40-39-,45-43-,53-50-. The van der Waals surface area contributed by atoms with E-state index in [0.717, 1.165) is 128 Å². The highest BCUT2D eigenvalue weighted by Gasteiger charge is 2.19. The van der Waals surface area contributed by atoms with E-state index >= 15 is 0 Å². The molecule has 0 bridgehead atoms. The van der Waals surface area contributed by atoms with Gasteiger partial charge in [0.2, 0.25) is 0 Å². The summed E-state index contributed by atoms with van der Waals surface area (Å²) >= 11 is 0. The largest absolute Gasteiger partial charge is 0.462 e. The molecule has 0 aliphatic carbocycles. The number of esters is 3. The number of carbonyl (C=O) groups is 3. The summed E-state index contributed by atoms with van der Waals surface area (Å²) < 4.78 is 16.5. The van der Waals surface area contributed by atoms with Gasteiger partial charge in [-0.2, -0.15) is 0 Å². The maximum atomic E-state index is 12.7. The van der Waals surface area contributed by atoms with Gasteiger partial charge in [0.25, 0.3) is 0 Å². The lowest BCUT2D eigenvalue weighted by molar-refractivity contribution is -0.166. The van der Waals surface area contributed by atoms with Crippen molar-refractivity contribution < 1.29 is 28.6 Å². The molecule has 0 radical (unpaired) electrons. The first-order valence-corrected chi connectivity index (χ1v) is 26.5. The fourth-order valence-electron chi connectivity index (χ4n) is 6.41. The van der Waals surface area contributed by atoms with Gasteiger partial charge in [-0.3, -0.25) is 14.4 Å². The average molecular weight is 935 g/mol. The lowest BCUT2D eigenvalue weighted by Gasteiger charge is -2.18. The predicted octanol–water partition coefficient (Wildman–Crippen LogP) is 17.8. The molecule has 0 aromatic heterocycles. The van der Waals surface area contributed by atoms with Gasteiger partial charge < -0.3 is 14.2 Å². The number of ether oxygens (including phenoxy) is 3. The molecule has 6 nitrogen and oxygen atoms in total. The molecule has 0 rings (SSSR count). The van der Waals surface area contributed by atoms with E-state index < -0.39 is 12.1 Å². The van der Waals surface area contributed by atoms with E-state index in [9.17, 15) is 14.4 Å². The second kappa shape index (κ2) is 54.6. The molecule has 0 saturated heterocycles. The molecule has 0 saturated carbocycles. The number of carbonyl (C=O) groups excluding carboxylic acids is 3. The molecule has 0 heterocycles. The molecule has 0 fully saturated rings. The normalized spacial score (nSPS) is 13.4. The minimum atomic E-state index is -0.846. The van der Waals surface area contributed by atoms with Gasteiger partial charge in [0, 0.05) is 12.8 Å². The Balaban J connectivity index is 4.33. The Labute approximate surface area is 416 Å². The second-order valence-corrected chi connectivity index (χ2v) is 16.7.